The zero-order valence-electron chi connectivity index (χ0n) is 5.96. The third-order valence-electron chi connectivity index (χ3n) is 1.87. The van der Waals surface area contributed by atoms with Crippen LogP contribution in [0.25, 0.3) is 0 Å². The highest BCUT2D eigenvalue weighted by Crippen LogP contribution is 2.44. The number of rotatable bonds is 0. The lowest BCUT2D eigenvalue weighted by Crippen LogP contribution is -2.37. The van der Waals surface area contributed by atoms with Crippen molar-refractivity contribution in [3.05, 3.63) is 0 Å². The summed E-state index contributed by atoms with van der Waals surface area (Å²) < 4.78 is 0. The van der Waals surface area contributed by atoms with E-state index in [1.54, 1.807) is 0 Å². The van der Waals surface area contributed by atoms with Gasteiger partial charge in [0.25, 0.3) is 0 Å². The highest BCUT2D eigenvalue weighted by molar-refractivity contribution is 9.51. The van der Waals surface area contributed by atoms with Gasteiger partial charge in [-0.2, -0.15) is 0 Å². The summed E-state index contributed by atoms with van der Waals surface area (Å²) in [7, 11) is 0. The molecule has 0 saturated carbocycles. The van der Waals surface area contributed by atoms with Gasteiger partial charge in [-0.1, -0.05) is 13.0 Å². The molecular weight excluding hydrogens is 356 g/mol. The average Bonchev–Trinajstić information content (AvgIpc) is 1.56. The summed E-state index contributed by atoms with van der Waals surface area (Å²) in [4.78, 5) is 0. The van der Waals surface area contributed by atoms with Crippen LogP contribution in [0, 0.1) is 0 Å². The van der Waals surface area contributed by atoms with Gasteiger partial charge in [-0.3, -0.25) is 0 Å². The minimum atomic E-state index is -1.09. The van der Waals surface area contributed by atoms with Crippen molar-refractivity contribution in [2.24, 2.45) is 0 Å². The van der Waals surface area contributed by atoms with E-state index in [2.05, 4.69) is 52.4 Å². The standard InChI is InChI=1S/C5H11Br3Si2/c1-9(6)3-2-4-10(7,8)5-9/h2-5H2,1H3. The van der Waals surface area contributed by atoms with Crippen molar-refractivity contribution in [2.45, 2.75) is 30.7 Å². The normalized spacial score (nSPS) is 39.6. The van der Waals surface area contributed by atoms with Crippen LogP contribution in [0.3, 0.4) is 0 Å². The molecule has 0 aromatic carbocycles. The molecule has 0 aromatic heterocycles. The van der Waals surface area contributed by atoms with Crippen LogP contribution < -0.4 is 0 Å². The maximum absolute atomic E-state index is 3.88. The molecule has 0 bridgehead atoms. The summed E-state index contributed by atoms with van der Waals surface area (Å²) in [6.07, 6.45) is 1.41. The lowest BCUT2D eigenvalue weighted by molar-refractivity contribution is 1.02. The van der Waals surface area contributed by atoms with E-state index in [4.69, 9.17) is 0 Å². The van der Waals surface area contributed by atoms with Crippen molar-refractivity contribution in [1.29, 1.82) is 0 Å². The first-order valence-corrected chi connectivity index (χ1v) is 15.6. The molecule has 0 N–H and O–H groups in total. The van der Waals surface area contributed by atoms with Crippen LogP contribution in [0.4, 0.5) is 0 Å². The summed E-state index contributed by atoms with van der Waals surface area (Å²) >= 11 is 11.5. The van der Waals surface area contributed by atoms with Gasteiger partial charge in [0.1, 0.15) is 6.69 Å². The summed E-state index contributed by atoms with van der Waals surface area (Å²) in [5.74, 6) is 0. The maximum Gasteiger partial charge on any atom is 0.199 e. The van der Waals surface area contributed by atoms with Crippen LogP contribution in [-0.2, 0) is 0 Å². The molecule has 1 unspecified atom stereocenters. The van der Waals surface area contributed by atoms with E-state index in [-0.39, 0.29) is 0 Å². The molecule has 0 aromatic rings. The first kappa shape index (κ1) is 9.96. The van der Waals surface area contributed by atoms with Crippen molar-refractivity contribution in [2.75, 3.05) is 0 Å². The molecule has 0 nitrogen and oxygen atoms in total. The lowest BCUT2D eigenvalue weighted by Gasteiger charge is -2.32. The quantitative estimate of drug-likeness (QED) is 0.446. The topological polar surface area (TPSA) is 0 Å². The van der Waals surface area contributed by atoms with Crippen molar-refractivity contribution in [3.8, 4) is 0 Å². The van der Waals surface area contributed by atoms with Crippen LogP contribution in [0.2, 0.25) is 24.3 Å². The Bertz CT molecular complexity index is 121. The summed E-state index contributed by atoms with van der Waals surface area (Å²) in [6, 6.07) is 2.86. The molecule has 1 aliphatic heterocycles. The number of halogens is 3. The molecular formula is C5H11Br3Si2. The molecule has 1 heterocycles. The largest absolute Gasteiger partial charge is 0.199 e. The van der Waals surface area contributed by atoms with Gasteiger partial charge >= 0.3 is 0 Å². The monoisotopic (exact) mass is 364 g/mol. The third-order valence-corrected chi connectivity index (χ3v) is 20.5. The van der Waals surface area contributed by atoms with Crippen LogP contribution in [-0.4, -0.2) is 12.0 Å². The Kier molecular flexibility index (Phi) is 3.30. The van der Waals surface area contributed by atoms with Crippen molar-refractivity contribution >= 4 is 57.9 Å². The Morgan fingerprint density at radius 1 is 1.10 bits per heavy atom. The Hall–Kier alpha value is 1.87. The van der Waals surface area contributed by atoms with Crippen molar-refractivity contribution in [1.82, 2.24) is 0 Å². The van der Waals surface area contributed by atoms with E-state index in [1.807, 2.05) is 0 Å². The fourth-order valence-corrected chi connectivity index (χ4v) is 33.9. The van der Waals surface area contributed by atoms with Gasteiger partial charge in [0.05, 0.1) is 0 Å². The minimum absolute atomic E-state index is 0.945. The second kappa shape index (κ2) is 3.32. The lowest BCUT2D eigenvalue weighted by atomic mass is 10.6. The molecule has 60 valence electrons. The summed E-state index contributed by atoms with van der Waals surface area (Å²) in [6.45, 7) is 1.48. The van der Waals surface area contributed by atoms with Gasteiger partial charge < -0.3 is 0 Å². The smallest absolute Gasteiger partial charge is 0.127 e. The van der Waals surface area contributed by atoms with Crippen molar-refractivity contribution < 1.29 is 0 Å². The minimum Gasteiger partial charge on any atom is -0.127 e. The van der Waals surface area contributed by atoms with Gasteiger partial charge in [0.2, 0.25) is 0 Å². The van der Waals surface area contributed by atoms with Gasteiger partial charge in [-0.25, -0.2) is 0 Å². The van der Waals surface area contributed by atoms with E-state index in [0.29, 0.717) is 0 Å². The first-order chi connectivity index (χ1) is 4.41. The zero-order valence-corrected chi connectivity index (χ0v) is 12.7. The van der Waals surface area contributed by atoms with Crippen LogP contribution >= 0.6 is 45.9 Å². The van der Waals surface area contributed by atoms with E-state index in [0.717, 1.165) is 0 Å². The van der Waals surface area contributed by atoms with E-state index < -0.39 is 12.0 Å². The predicted molar refractivity (Wildman–Crippen MR) is 63.2 cm³/mol. The third kappa shape index (κ3) is 3.09. The predicted octanol–water partition coefficient (Wildman–Crippen LogP) is 4.13. The van der Waals surface area contributed by atoms with Gasteiger partial charge in [0, 0.05) is 0 Å². The highest BCUT2D eigenvalue weighted by atomic mass is 79.9. The molecule has 0 aliphatic carbocycles. The van der Waals surface area contributed by atoms with E-state index in [1.165, 1.54) is 24.2 Å². The highest BCUT2D eigenvalue weighted by Gasteiger charge is 2.41. The Morgan fingerprint density at radius 2 is 1.70 bits per heavy atom. The van der Waals surface area contributed by atoms with Gasteiger partial charge in [-0.05, 0) is 17.8 Å². The second-order valence-corrected chi connectivity index (χ2v) is 28.3. The second-order valence-electron chi connectivity index (χ2n) is 3.30. The number of hydrogen-bond donors (Lipinski definition) is 0. The maximum atomic E-state index is 3.88. The van der Waals surface area contributed by atoms with Crippen LogP contribution in [0.5, 0.6) is 0 Å². The fraction of sp³-hybridized carbons (Fsp3) is 1.00. The zero-order chi connectivity index (χ0) is 7.83. The molecule has 5 heteroatoms. The van der Waals surface area contributed by atoms with Crippen LogP contribution in [0.1, 0.15) is 6.42 Å². The van der Waals surface area contributed by atoms with Crippen LogP contribution in [0.15, 0.2) is 0 Å². The number of hydrogen-bond acceptors (Lipinski definition) is 0. The summed E-state index contributed by atoms with van der Waals surface area (Å²) in [5.41, 5.74) is 1.43. The SMILES string of the molecule is C[Si]1(Br)CCC[Si](Br)(Br)C1. The molecule has 10 heavy (non-hydrogen) atoms. The molecule has 1 atom stereocenters. The average molecular weight is 367 g/mol. The molecule has 1 saturated heterocycles. The van der Waals surface area contributed by atoms with Crippen molar-refractivity contribution in [3.63, 3.8) is 0 Å². The Balaban J connectivity index is 2.56. The van der Waals surface area contributed by atoms with Gasteiger partial charge in [0.15, 0.2) is 5.31 Å². The van der Waals surface area contributed by atoms with E-state index in [9.17, 15) is 0 Å². The molecule has 0 spiro atoms. The first-order valence-electron chi connectivity index (χ1n) is 3.48. The molecule has 1 aliphatic rings. The summed E-state index contributed by atoms with van der Waals surface area (Å²) in [5, 5.41) is -1.09. The van der Waals surface area contributed by atoms with E-state index >= 15 is 0 Å². The molecule has 1 fully saturated rings. The molecule has 0 amide bonds. The molecule has 1 rings (SSSR count). The molecule has 0 radical (unpaired) electrons. The Morgan fingerprint density at radius 3 is 2.00 bits per heavy atom. The fourth-order valence-electron chi connectivity index (χ4n) is 1.43. The van der Waals surface area contributed by atoms with Gasteiger partial charge in [-0.15, -0.1) is 45.9 Å². The Labute approximate surface area is 87.9 Å².